The van der Waals surface area contributed by atoms with Crippen molar-refractivity contribution in [3.05, 3.63) is 36.3 Å². The van der Waals surface area contributed by atoms with E-state index < -0.39 is 6.67 Å². The van der Waals surface area contributed by atoms with Gasteiger partial charge in [0.05, 0.1) is 10.9 Å². The molecule has 0 aliphatic heterocycles. The van der Waals surface area contributed by atoms with Crippen molar-refractivity contribution in [1.82, 2.24) is 30.0 Å². The second kappa shape index (κ2) is 6.84. The molecule has 0 bridgehead atoms. The van der Waals surface area contributed by atoms with Gasteiger partial charge in [-0.25, -0.2) is 19.0 Å². The van der Waals surface area contributed by atoms with Gasteiger partial charge in [0.15, 0.2) is 5.65 Å². The molecule has 0 spiro atoms. The summed E-state index contributed by atoms with van der Waals surface area (Å²) in [6.45, 7) is 5.49. The molecule has 3 heterocycles. The summed E-state index contributed by atoms with van der Waals surface area (Å²) < 4.78 is 14.1. The van der Waals surface area contributed by atoms with E-state index in [4.69, 9.17) is 10.8 Å². The number of nitrogen functional groups attached to an aromatic ring is 1. The van der Waals surface area contributed by atoms with Crippen LogP contribution in [0.4, 0.5) is 10.2 Å². The van der Waals surface area contributed by atoms with Gasteiger partial charge in [0.25, 0.3) is 5.91 Å². The number of carbonyl (C=O) groups excluding carboxylic acids is 1. The van der Waals surface area contributed by atoms with Gasteiger partial charge in [-0.2, -0.15) is 5.10 Å². The Kier molecular flexibility index (Phi) is 4.45. The standard InChI is InChI=1S/C20H22FN7O/c1-20(2,3)28-18-15(17(22)24-10-25-18)16(27-28)12-5-4-11-8-14(26-13(11)9-12)19(29)23-7-6-21/h4-5,8-10,26H,6-7H2,1-3H3,(H,23,29)(H2,22,24,25). The first-order valence-corrected chi connectivity index (χ1v) is 9.26. The maximum atomic E-state index is 12.3. The van der Waals surface area contributed by atoms with E-state index in [1.807, 2.05) is 43.7 Å². The van der Waals surface area contributed by atoms with E-state index in [-0.39, 0.29) is 18.0 Å². The number of nitrogens with two attached hydrogens (primary N) is 1. The summed E-state index contributed by atoms with van der Waals surface area (Å²) in [7, 11) is 0. The largest absolute Gasteiger partial charge is 0.383 e. The average Bonchev–Trinajstić information content (AvgIpc) is 3.27. The Morgan fingerprint density at radius 1 is 1.28 bits per heavy atom. The van der Waals surface area contributed by atoms with E-state index in [0.29, 0.717) is 28.2 Å². The predicted octanol–water partition coefficient (Wildman–Crippen LogP) is 3.01. The van der Waals surface area contributed by atoms with Crippen LogP contribution in [0.5, 0.6) is 0 Å². The zero-order valence-electron chi connectivity index (χ0n) is 16.5. The molecule has 8 nitrogen and oxygen atoms in total. The lowest BCUT2D eigenvalue weighted by Gasteiger charge is -2.19. The Labute approximate surface area is 166 Å². The maximum Gasteiger partial charge on any atom is 0.267 e. The fourth-order valence-corrected chi connectivity index (χ4v) is 3.30. The first-order valence-electron chi connectivity index (χ1n) is 9.26. The van der Waals surface area contributed by atoms with Gasteiger partial charge >= 0.3 is 0 Å². The minimum atomic E-state index is -0.608. The quantitative estimate of drug-likeness (QED) is 0.491. The number of fused-ring (bicyclic) bond motifs is 2. The SMILES string of the molecule is CC(C)(C)n1nc(-c2ccc3cc(C(=O)NCCF)[nH]c3c2)c2c(N)ncnc21. The van der Waals surface area contributed by atoms with Gasteiger partial charge in [-0.3, -0.25) is 4.79 Å². The summed E-state index contributed by atoms with van der Waals surface area (Å²) in [5.74, 6) is 0.0128. The molecule has 0 unspecified atom stereocenters. The minimum Gasteiger partial charge on any atom is -0.383 e. The highest BCUT2D eigenvalue weighted by Gasteiger charge is 2.24. The smallest absolute Gasteiger partial charge is 0.267 e. The van der Waals surface area contributed by atoms with Gasteiger partial charge in [0.1, 0.15) is 30.2 Å². The fourth-order valence-electron chi connectivity index (χ4n) is 3.30. The molecule has 0 aliphatic rings. The molecule has 9 heteroatoms. The second-order valence-corrected chi connectivity index (χ2v) is 7.82. The molecule has 29 heavy (non-hydrogen) atoms. The van der Waals surface area contributed by atoms with Crippen molar-refractivity contribution in [3.8, 4) is 11.3 Å². The van der Waals surface area contributed by atoms with Crippen molar-refractivity contribution >= 4 is 33.7 Å². The number of rotatable bonds is 4. The van der Waals surface area contributed by atoms with Crippen LogP contribution in [0.1, 0.15) is 31.3 Å². The Bertz CT molecular complexity index is 1220. The zero-order valence-corrected chi connectivity index (χ0v) is 16.5. The van der Waals surface area contributed by atoms with Crippen LogP contribution in [0.3, 0.4) is 0 Å². The summed E-state index contributed by atoms with van der Waals surface area (Å²) in [6, 6.07) is 7.45. The highest BCUT2D eigenvalue weighted by Crippen LogP contribution is 2.34. The van der Waals surface area contributed by atoms with Crippen LogP contribution < -0.4 is 11.1 Å². The Hall–Kier alpha value is -3.49. The number of alkyl halides is 1. The van der Waals surface area contributed by atoms with E-state index in [2.05, 4.69) is 20.3 Å². The lowest BCUT2D eigenvalue weighted by Crippen LogP contribution is -2.25. The molecule has 0 radical (unpaired) electrons. The van der Waals surface area contributed by atoms with Gasteiger partial charge in [-0.05, 0) is 32.9 Å². The molecule has 4 aromatic rings. The van der Waals surface area contributed by atoms with Crippen LogP contribution in [-0.4, -0.2) is 43.9 Å². The number of halogens is 1. The zero-order chi connectivity index (χ0) is 20.8. The number of benzene rings is 1. The number of H-pyrrole nitrogens is 1. The number of anilines is 1. The van der Waals surface area contributed by atoms with Crippen LogP contribution in [0.25, 0.3) is 33.2 Å². The van der Waals surface area contributed by atoms with Gasteiger partial charge in [-0.15, -0.1) is 0 Å². The molecule has 4 N–H and O–H groups in total. The van der Waals surface area contributed by atoms with Gasteiger partial charge < -0.3 is 16.0 Å². The van der Waals surface area contributed by atoms with Crippen LogP contribution in [0, 0.1) is 0 Å². The summed E-state index contributed by atoms with van der Waals surface area (Å²) >= 11 is 0. The minimum absolute atomic E-state index is 0.0189. The van der Waals surface area contributed by atoms with Crippen molar-refractivity contribution in [3.63, 3.8) is 0 Å². The maximum absolute atomic E-state index is 12.3. The number of carbonyl (C=O) groups is 1. The Morgan fingerprint density at radius 3 is 2.79 bits per heavy atom. The molecule has 0 fully saturated rings. The number of aromatic amines is 1. The summed E-state index contributed by atoms with van der Waals surface area (Å²) in [5, 5.41) is 8.85. The Balaban J connectivity index is 1.85. The van der Waals surface area contributed by atoms with Crippen LogP contribution >= 0.6 is 0 Å². The molecule has 0 saturated carbocycles. The van der Waals surface area contributed by atoms with Gasteiger partial charge in [0, 0.05) is 23.0 Å². The lowest BCUT2D eigenvalue weighted by atomic mass is 10.1. The molecule has 3 aromatic heterocycles. The molecule has 4 rings (SSSR count). The highest BCUT2D eigenvalue weighted by atomic mass is 19.1. The van der Waals surface area contributed by atoms with Crippen LogP contribution in [0.15, 0.2) is 30.6 Å². The number of nitrogens with zero attached hydrogens (tertiary/aromatic N) is 4. The first kappa shape index (κ1) is 18.9. The summed E-state index contributed by atoms with van der Waals surface area (Å²) in [6.07, 6.45) is 1.43. The number of nitrogens with one attached hydrogen (secondary N) is 2. The van der Waals surface area contributed by atoms with Crippen molar-refractivity contribution in [1.29, 1.82) is 0 Å². The third-order valence-electron chi connectivity index (χ3n) is 4.65. The topological polar surface area (TPSA) is 115 Å². The van der Waals surface area contributed by atoms with Crippen LogP contribution in [-0.2, 0) is 5.54 Å². The number of amides is 1. The van der Waals surface area contributed by atoms with E-state index in [0.717, 1.165) is 16.5 Å². The van der Waals surface area contributed by atoms with Crippen molar-refractivity contribution in [2.75, 3.05) is 19.0 Å². The molecule has 0 atom stereocenters. The van der Waals surface area contributed by atoms with Crippen molar-refractivity contribution in [2.24, 2.45) is 0 Å². The second-order valence-electron chi connectivity index (χ2n) is 7.82. The molecule has 1 aromatic carbocycles. The van der Waals surface area contributed by atoms with Gasteiger partial charge in [0.2, 0.25) is 0 Å². The molecule has 1 amide bonds. The molecular weight excluding hydrogens is 373 g/mol. The highest BCUT2D eigenvalue weighted by molar-refractivity contribution is 6.02. The van der Waals surface area contributed by atoms with E-state index in [1.54, 1.807) is 6.07 Å². The van der Waals surface area contributed by atoms with E-state index in [1.165, 1.54) is 6.33 Å². The third-order valence-corrected chi connectivity index (χ3v) is 4.65. The van der Waals surface area contributed by atoms with Crippen molar-refractivity contribution in [2.45, 2.75) is 26.3 Å². The monoisotopic (exact) mass is 395 g/mol. The molecule has 150 valence electrons. The number of aromatic nitrogens is 5. The Morgan fingerprint density at radius 2 is 2.07 bits per heavy atom. The van der Waals surface area contributed by atoms with Crippen LogP contribution in [0.2, 0.25) is 0 Å². The number of hydrogen-bond acceptors (Lipinski definition) is 5. The molecule has 0 aliphatic carbocycles. The predicted molar refractivity (Wildman–Crippen MR) is 110 cm³/mol. The summed E-state index contributed by atoms with van der Waals surface area (Å²) in [5.41, 5.74) is 9.16. The van der Waals surface area contributed by atoms with E-state index >= 15 is 0 Å². The lowest BCUT2D eigenvalue weighted by molar-refractivity contribution is 0.0946. The van der Waals surface area contributed by atoms with E-state index in [9.17, 15) is 9.18 Å². The first-order chi connectivity index (χ1) is 13.8. The molecular formula is C20H22FN7O. The number of hydrogen-bond donors (Lipinski definition) is 3. The average molecular weight is 395 g/mol. The summed E-state index contributed by atoms with van der Waals surface area (Å²) in [4.78, 5) is 23.7. The molecule has 0 saturated heterocycles. The fraction of sp³-hybridized carbons (Fsp3) is 0.300. The normalized spacial score (nSPS) is 12.0. The van der Waals surface area contributed by atoms with Crippen molar-refractivity contribution < 1.29 is 9.18 Å². The van der Waals surface area contributed by atoms with Gasteiger partial charge in [-0.1, -0.05) is 12.1 Å². The third kappa shape index (κ3) is 3.28.